The summed E-state index contributed by atoms with van der Waals surface area (Å²) in [6.07, 6.45) is 0.935. The molecule has 0 aliphatic carbocycles. The summed E-state index contributed by atoms with van der Waals surface area (Å²) in [4.78, 5) is 14.2. The molecule has 1 saturated heterocycles. The topological polar surface area (TPSA) is 58.3 Å². The zero-order chi connectivity index (χ0) is 15.6. The highest BCUT2D eigenvalue weighted by molar-refractivity contribution is 7.80. The predicted octanol–water partition coefficient (Wildman–Crippen LogP) is 1.53. The summed E-state index contributed by atoms with van der Waals surface area (Å²) >= 11 is 5.19. The first kappa shape index (κ1) is 16.1. The Balaban J connectivity index is 2.08. The van der Waals surface area contributed by atoms with Gasteiger partial charge in [0.1, 0.15) is 11.6 Å². The lowest BCUT2D eigenvalue weighted by molar-refractivity contribution is 0.168. The Labute approximate surface area is 132 Å². The molecule has 0 spiro atoms. The van der Waals surface area contributed by atoms with Crippen molar-refractivity contribution in [3.8, 4) is 0 Å². The molecular weight excluding hydrogens is 282 g/mol. The Morgan fingerprint density at radius 1 is 1.29 bits per heavy atom. The van der Waals surface area contributed by atoms with E-state index in [1.54, 1.807) is 0 Å². The molecule has 1 aliphatic rings. The molecule has 0 amide bonds. The van der Waals surface area contributed by atoms with Crippen LogP contribution >= 0.6 is 12.2 Å². The highest BCUT2D eigenvalue weighted by atomic mass is 32.1. The van der Waals surface area contributed by atoms with Crippen LogP contribution in [0.4, 0.5) is 5.82 Å². The molecule has 5 nitrogen and oxygen atoms in total. The standard InChI is InChI=1S/C15H25N5S/c1-5-12-10-13(18-11(2)17-12)19-6-8-20(9-7-19)15(3,4)14(16)21/h10H,5-9H2,1-4H3,(H2,16,21). The normalized spacial score (nSPS) is 17.0. The Morgan fingerprint density at radius 2 is 1.90 bits per heavy atom. The van der Waals surface area contributed by atoms with E-state index in [1.165, 1.54) is 0 Å². The zero-order valence-corrected chi connectivity index (χ0v) is 14.2. The van der Waals surface area contributed by atoms with E-state index in [4.69, 9.17) is 18.0 Å². The maximum absolute atomic E-state index is 5.86. The zero-order valence-electron chi connectivity index (χ0n) is 13.4. The van der Waals surface area contributed by atoms with Crippen LogP contribution in [-0.4, -0.2) is 51.6 Å². The fourth-order valence-corrected chi connectivity index (χ4v) is 2.73. The lowest BCUT2D eigenvalue weighted by Gasteiger charge is -2.43. The maximum atomic E-state index is 5.86. The lowest BCUT2D eigenvalue weighted by Crippen LogP contribution is -2.59. The first-order valence-electron chi connectivity index (χ1n) is 7.49. The second-order valence-corrected chi connectivity index (χ2v) is 6.46. The Hall–Kier alpha value is -1.27. The van der Waals surface area contributed by atoms with Gasteiger partial charge in [-0.3, -0.25) is 4.90 Å². The molecule has 21 heavy (non-hydrogen) atoms. The molecule has 2 heterocycles. The van der Waals surface area contributed by atoms with Crippen LogP contribution < -0.4 is 10.6 Å². The van der Waals surface area contributed by atoms with E-state index in [2.05, 4.69) is 46.6 Å². The third-order valence-electron chi connectivity index (χ3n) is 4.24. The number of piperazine rings is 1. The SMILES string of the molecule is CCc1cc(N2CCN(C(C)(C)C(N)=S)CC2)nc(C)n1. The maximum Gasteiger partial charge on any atom is 0.132 e. The van der Waals surface area contributed by atoms with Gasteiger partial charge in [0.2, 0.25) is 0 Å². The highest BCUT2D eigenvalue weighted by Crippen LogP contribution is 2.21. The van der Waals surface area contributed by atoms with E-state index in [1.807, 2.05) is 6.92 Å². The van der Waals surface area contributed by atoms with E-state index in [9.17, 15) is 0 Å². The molecule has 0 unspecified atom stereocenters. The van der Waals surface area contributed by atoms with Crippen LogP contribution in [0.5, 0.6) is 0 Å². The Bertz CT molecular complexity index is 521. The number of hydrogen-bond acceptors (Lipinski definition) is 5. The molecule has 1 aromatic heterocycles. The van der Waals surface area contributed by atoms with Crippen molar-refractivity contribution in [3.05, 3.63) is 17.6 Å². The predicted molar refractivity (Wildman–Crippen MR) is 90.8 cm³/mol. The monoisotopic (exact) mass is 307 g/mol. The second-order valence-electron chi connectivity index (χ2n) is 6.02. The van der Waals surface area contributed by atoms with E-state index in [0.717, 1.165) is 49.9 Å². The van der Waals surface area contributed by atoms with Gasteiger partial charge in [-0.25, -0.2) is 9.97 Å². The van der Waals surface area contributed by atoms with Crippen LogP contribution in [0.15, 0.2) is 6.07 Å². The quantitative estimate of drug-likeness (QED) is 0.852. The highest BCUT2D eigenvalue weighted by Gasteiger charge is 2.32. The molecular formula is C15H25N5S. The van der Waals surface area contributed by atoms with Crippen LogP contribution in [0.1, 0.15) is 32.3 Å². The number of rotatable bonds is 4. The van der Waals surface area contributed by atoms with Gasteiger partial charge >= 0.3 is 0 Å². The summed E-state index contributed by atoms with van der Waals surface area (Å²) < 4.78 is 0. The van der Waals surface area contributed by atoms with Gasteiger partial charge in [-0.2, -0.15) is 0 Å². The minimum absolute atomic E-state index is 0.225. The summed E-state index contributed by atoms with van der Waals surface area (Å²) in [7, 11) is 0. The van der Waals surface area contributed by atoms with Crippen LogP contribution in [0.3, 0.4) is 0 Å². The molecule has 0 radical (unpaired) electrons. The van der Waals surface area contributed by atoms with Crippen molar-refractivity contribution < 1.29 is 0 Å². The third kappa shape index (κ3) is 3.49. The first-order chi connectivity index (χ1) is 9.84. The fraction of sp³-hybridized carbons (Fsp3) is 0.667. The molecule has 0 aromatic carbocycles. The van der Waals surface area contributed by atoms with Crippen LogP contribution in [0, 0.1) is 6.92 Å². The van der Waals surface area contributed by atoms with Gasteiger partial charge in [0.25, 0.3) is 0 Å². The van der Waals surface area contributed by atoms with Crippen molar-refractivity contribution in [2.24, 2.45) is 5.73 Å². The Kier molecular flexibility index (Phi) is 4.78. The molecule has 2 rings (SSSR count). The average Bonchev–Trinajstić information content (AvgIpc) is 2.46. The van der Waals surface area contributed by atoms with Gasteiger partial charge in [0, 0.05) is 37.9 Å². The van der Waals surface area contributed by atoms with E-state index in [0.29, 0.717) is 4.99 Å². The number of thiocarbonyl (C=S) groups is 1. The number of anilines is 1. The smallest absolute Gasteiger partial charge is 0.132 e. The average molecular weight is 307 g/mol. The molecule has 0 bridgehead atoms. The summed E-state index contributed by atoms with van der Waals surface area (Å²) in [5.74, 6) is 1.88. The van der Waals surface area contributed by atoms with Gasteiger partial charge in [-0.15, -0.1) is 0 Å². The summed E-state index contributed by atoms with van der Waals surface area (Å²) in [5, 5.41) is 0. The van der Waals surface area contributed by atoms with Gasteiger partial charge in [-0.05, 0) is 27.2 Å². The molecule has 0 atom stereocenters. The molecule has 2 N–H and O–H groups in total. The van der Waals surface area contributed by atoms with Crippen molar-refractivity contribution in [2.45, 2.75) is 39.7 Å². The molecule has 1 fully saturated rings. The number of nitrogens with two attached hydrogens (primary N) is 1. The number of aromatic nitrogens is 2. The largest absolute Gasteiger partial charge is 0.392 e. The number of aryl methyl sites for hydroxylation is 2. The van der Waals surface area contributed by atoms with Crippen LogP contribution in [0.2, 0.25) is 0 Å². The van der Waals surface area contributed by atoms with Gasteiger partial charge in [0.15, 0.2) is 0 Å². The molecule has 0 saturated carbocycles. The summed E-state index contributed by atoms with van der Waals surface area (Å²) in [6, 6.07) is 2.10. The number of hydrogen-bond donors (Lipinski definition) is 1. The minimum Gasteiger partial charge on any atom is -0.392 e. The van der Waals surface area contributed by atoms with Gasteiger partial charge < -0.3 is 10.6 Å². The minimum atomic E-state index is -0.225. The fourth-order valence-electron chi connectivity index (χ4n) is 2.61. The van der Waals surface area contributed by atoms with E-state index in [-0.39, 0.29) is 5.54 Å². The van der Waals surface area contributed by atoms with Crippen LogP contribution in [-0.2, 0) is 6.42 Å². The van der Waals surface area contributed by atoms with E-state index < -0.39 is 0 Å². The van der Waals surface area contributed by atoms with E-state index >= 15 is 0 Å². The molecule has 1 aromatic rings. The summed E-state index contributed by atoms with van der Waals surface area (Å²) in [6.45, 7) is 12.0. The Morgan fingerprint density at radius 3 is 2.43 bits per heavy atom. The van der Waals surface area contributed by atoms with Crippen molar-refractivity contribution in [1.82, 2.24) is 14.9 Å². The van der Waals surface area contributed by atoms with Crippen molar-refractivity contribution in [3.63, 3.8) is 0 Å². The van der Waals surface area contributed by atoms with Gasteiger partial charge in [0.05, 0.1) is 10.5 Å². The lowest BCUT2D eigenvalue weighted by atomic mass is 10.0. The van der Waals surface area contributed by atoms with Crippen molar-refractivity contribution >= 4 is 23.0 Å². The van der Waals surface area contributed by atoms with Gasteiger partial charge in [-0.1, -0.05) is 19.1 Å². The molecule has 1 aliphatic heterocycles. The third-order valence-corrected chi connectivity index (χ3v) is 4.74. The van der Waals surface area contributed by atoms with Crippen molar-refractivity contribution in [1.29, 1.82) is 0 Å². The first-order valence-corrected chi connectivity index (χ1v) is 7.90. The second kappa shape index (κ2) is 6.23. The van der Waals surface area contributed by atoms with Crippen molar-refractivity contribution in [2.75, 3.05) is 31.1 Å². The molecule has 6 heteroatoms. The number of nitrogens with zero attached hydrogens (tertiary/aromatic N) is 4. The molecule has 116 valence electrons. The summed E-state index contributed by atoms with van der Waals surface area (Å²) in [5.41, 5.74) is 6.74. The van der Waals surface area contributed by atoms with Crippen LogP contribution in [0.25, 0.3) is 0 Å².